The Morgan fingerprint density at radius 2 is 1.17 bits per heavy atom. The van der Waals surface area contributed by atoms with Crippen molar-refractivity contribution in [3.63, 3.8) is 0 Å². The van der Waals surface area contributed by atoms with Crippen LogP contribution < -0.4 is 0 Å². The lowest BCUT2D eigenvalue weighted by Crippen LogP contribution is -2.50. The molecule has 0 spiro atoms. The molecule has 0 aliphatic heterocycles. The molecule has 0 rings (SSSR count). The van der Waals surface area contributed by atoms with Gasteiger partial charge in [-0.05, 0) is 0 Å². The highest BCUT2D eigenvalue weighted by Crippen LogP contribution is 2.46. The molecule has 71 valence electrons. The quantitative estimate of drug-likeness (QED) is 0.594. The highest BCUT2D eigenvalue weighted by molar-refractivity contribution is 4.96. The summed E-state index contributed by atoms with van der Waals surface area (Å²) >= 11 is 0. The largest absolute Gasteiger partial charge is 0.460 e. The molecule has 0 unspecified atom stereocenters. The number of allylic oxidation sites excluding steroid dienone is 1. The Hall–Kier alpha value is -0.750. The Kier molecular flexibility index (Phi) is 2.47. The molecule has 0 bridgehead atoms. The van der Waals surface area contributed by atoms with Gasteiger partial charge in [-0.2, -0.15) is 30.7 Å². The lowest BCUT2D eigenvalue weighted by atomic mass is 10.1. The van der Waals surface area contributed by atoms with Crippen molar-refractivity contribution in [2.75, 3.05) is 0 Å². The van der Waals surface area contributed by atoms with Crippen LogP contribution in [0.2, 0.25) is 0 Å². The summed E-state index contributed by atoms with van der Waals surface area (Å²) in [6.07, 6.45) is -5.97. The molecule has 1 radical (unpaired) electrons. The van der Waals surface area contributed by atoms with Crippen LogP contribution in [0.15, 0.2) is 6.58 Å². The van der Waals surface area contributed by atoms with E-state index in [0.717, 1.165) is 0 Å². The van der Waals surface area contributed by atoms with Gasteiger partial charge in [0.15, 0.2) is 0 Å². The maximum Gasteiger partial charge on any atom is 0.460 e. The van der Waals surface area contributed by atoms with Crippen LogP contribution in [-0.4, -0.2) is 18.0 Å². The third-order valence-corrected chi connectivity index (χ3v) is 0.972. The van der Waals surface area contributed by atoms with E-state index in [9.17, 15) is 30.7 Å². The van der Waals surface area contributed by atoms with Gasteiger partial charge in [0.05, 0.1) is 0 Å². The average Bonchev–Trinajstić information content (AvgIpc) is 1.85. The molecule has 12 heavy (non-hydrogen) atoms. The Morgan fingerprint density at radius 3 is 1.25 bits per heavy atom. The monoisotopic (exact) mass is 195 g/mol. The number of hydrogen-bond acceptors (Lipinski definition) is 0. The normalized spacial score (nSPS) is 14.6. The Bertz CT molecular complexity index is 177. The first-order valence-corrected chi connectivity index (χ1v) is 2.43. The molecule has 0 aromatic heterocycles. The zero-order valence-electron chi connectivity index (χ0n) is 5.35. The SMILES string of the molecule is C=[C]C(F)(F)C(F)(F)C(F)(F)F. The summed E-state index contributed by atoms with van der Waals surface area (Å²) in [4.78, 5) is 0. The van der Waals surface area contributed by atoms with Gasteiger partial charge < -0.3 is 0 Å². The number of hydrogen-bond donors (Lipinski definition) is 0. The maximum absolute atomic E-state index is 11.8. The molecule has 0 fully saturated rings. The van der Waals surface area contributed by atoms with Gasteiger partial charge in [0.25, 0.3) is 0 Å². The van der Waals surface area contributed by atoms with E-state index < -0.39 is 18.0 Å². The van der Waals surface area contributed by atoms with E-state index in [1.165, 1.54) is 0 Å². The van der Waals surface area contributed by atoms with E-state index >= 15 is 0 Å². The van der Waals surface area contributed by atoms with Crippen molar-refractivity contribution in [3.05, 3.63) is 12.7 Å². The van der Waals surface area contributed by atoms with E-state index in [1.54, 1.807) is 0 Å². The Labute approximate surface area is 62.7 Å². The lowest BCUT2D eigenvalue weighted by molar-refractivity contribution is -0.343. The summed E-state index contributed by atoms with van der Waals surface area (Å²) in [7, 11) is 0. The summed E-state index contributed by atoms with van der Waals surface area (Å²) in [6, 6.07) is 0. The molecule has 0 amide bonds. The van der Waals surface area contributed by atoms with Crippen LogP contribution in [0, 0.1) is 6.08 Å². The molecule has 0 aliphatic carbocycles. The van der Waals surface area contributed by atoms with Crippen molar-refractivity contribution >= 4 is 0 Å². The highest BCUT2D eigenvalue weighted by atomic mass is 19.4. The van der Waals surface area contributed by atoms with Crippen LogP contribution in [0.5, 0.6) is 0 Å². The second-order valence-electron chi connectivity index (χ2n) is 1.82. The minimum atomic E-state index is -6.30. The summed E-state index contributed by atoms with van der Waals surface area (Å²) in [5, 5.41) is 0. The predicted octanol–water partition coefficient (Wildman–Crippen LogP) is 2.81. The fourth-order valence-electron chi connectivity index (χ4n) is 0.289. The first-order chi connectivity index (χ1) is 5.06. The lowest BCUT2D eigenvalue weighted by Gasteiger charge is -2.24. The van der Waals surface area contributed by atoms with Gasteiger partial charge >= 0.3 is 18.0 Å². The second-order valence-corrected chi connectivity index (χ2v) is 1.82. The van der Waals surface area contributed by atoms with E-state index in [-0.39, 0.29) is 0 Å². The third kappa shape index (κ3) is 1.54. The number of alkyl halides is 7. The smallest absolute Gasteiger partial charge is 0.194 e. The van der Waals surface area contributed by atoms with Crippen LogP contribution >= 0.6 is 0 Å². The third-order valence-electron chi connectivity index (χ3n) is 0.972. The summed E-state index contributed by atoms with van der Waals surface area (Å²) in [5.74, 6) is -11.5. The van der Waals surface area contributed by atoms with Gasteiger partial charge in [0.2, 0.25) is 0 Å². The molecule has 0 aromatic rings. The molecule has 0 aromatic carbocycles. The second kappa shape index (κ2) is 2.63. The highest BCUT2D eigenvalue weighted by Gasteiger charge is 2.71. The van der Waals surface area contributed by atoms with Gasteiger partial charge in [-0.25, -0.2) is 0 Å². The van der Waals surface area contributed by atoms with E-state index in [2.05, 4.69) is 6.58 Å². The molecule has 0 N–H and O–H groups in total. The summed E-state index contributed by atoms with van der Waals surface area (Å²) < 4.78 is 80.7. The minimum absolute atomic E-state index is 0.335. The van der Waals surface area contributed by atoms with E-state index in [1.807, 2.05) is 0 Å². The van der Waals surface area contributed by atoms with Crippen molar-refractivity contribution in [2.24, 2.45) is 0 Å². The molecule has 0 saturated heterocycles. The van der Waals surface area contributed by atoms with Crippen LogP contribution in [0.25, 0.3) is 0 Å². The Morgan fingerprint density at radius 1 is 0.833 bits per heavy atom. The van der Waals surface area contributed by atoms with Gasteiger partial charge in [0, 0.05) is 6.08 Å². The zero-order valence-corrected chi connectivity index (χ0v) is 5.35. The predicted molar refractivity (Wildman–Crippen MR) is 24.8 cm³/mol. The molecule has 0 atom stereocenters. The number of halogens is 7. The molecule has 0 aliphatic rings. The maximum atomic E-state index is 11.8. The minimum Gasteiger partial charge on any atom is -0.194 e. The van der Waals surface area contributed by atoms with Gasteiger partial charge in [-0.15, -0.1) is 0 Å². The summed E-state index contributed by atoms with van der Waals surface area (Å²) in [6.45, 7) is 2.06. The van der Waals surface area contributed by atoms with Crippen molar-refractivity contribution < 1.29 is 30.7 Å². The van der Waals surface area contributed by atoms with Crippen molar-refractivity contribution in [2.45, 2.75) is 18.0 Å². The standard InChI is InChI=1S/C5H2F7/c1-2-3(6,7)4(8,9)5(10,11)12/h1H2. The number of rotatable bonds is 2. The molecular weight excluding hydrogens is 193 g/mol. The first-order valence-electron chi connectivity index (χ1n) is 2.43. The fraction of sp³-hybridized carbons (Fsp3) is 0.600. The van der Waals surface area contributed by atoms with Crippen LogP contribution in [0.3, 0.4) is 0 Å². The first kappa shape index (κ1) is 11.2. The summed E-state index contributed by atoms with van der Waals surface area (Å²) in [5.41, 5.74) is 0. The van der Waals surface area contributed by atoms with Gasteiger partial charge in [-0.1, -0.05) is 6.58 Å². The van der Waals surface area contributed by atoms with Crippen LogP contribution in [0.4, 0.5) is 30.7 Å². The molecular formula is C5H2F7. The van der Waals surface area contributed by atoms with Crippen molar-refractivity contribution in [3.8, 4) is 0 Å². The molecule has 7 heteroatoms. The molecule has 0 heterocycles. The van der Waals surface area contributed by atoms with Crippen LogP contribution in [0.1, 0.15) is 0 Å². The van der Waals surface area contributed by atoms with E-state index in [0.29, 0.717) is 6.08 Å². The average molecular weight is 195 g/mol. The Balaban J connectivity index is 4.97. The van der Waals surface area contributed by atoms with Gasteiger partial charge in [0.1, 0.15) is 0 Å². The topological polar surface area (TPSA) is 0 Å². The molecule has 0 nitrogen and oxygen atoms in total. The fourth-order valence-corrected chi connectivity index (χ4v) is 0.289. The van der Waals surface area contributed by atoms with Crippen molar-refractivity contribution in [1.29, 1.82) is 0 Å². The van der Waals surface area contributed by atoms with Gasteiger partial charge in [-0.3, -0.25) is 0 Å². The van der Waals surface area contributed by atoms with E-state index in [4.69, 9.17) is 0 Å². The zero-order chi connectivity index (χ0) is 10.2. The van der Waals surface area contributed by atoms with Crippen LogP contribution in [-0.2, 0) is 0 Å². The molecule has 0 saturated carbocycles. The van der Waals surface area contributed by atoms with Crippen molar-refractivity contribution in [1.82, 2.24) is 0 Å².